The highest BCUT2D eigenvalue weighted by Gasteiger charge is 2.31. The highest BCUT2D eigenvalue weighted by atomic mass is 19.4. The Morgan fingerprint density at radius 1 is 0.897 bits per heavy atom. The van der Waals surface area contributed by atoms with Gasteiger partial charge in [-0.3, -0.25) is 0 Å². The lowest BCUT2D eigenvalue weighted by Gasteiger charge is -2.11. The fourth-order valence-corrected chi connectivity index (χ4v) is 2.74. The number of ether oxygens (including phenoxy) is 2. The number of aromatic nitrogens is 3. The van der Waals surface area contributed by atoms with Crippen molar-refractivity contribution in [3.8, 4) is 28.6 Å². The van der Waals surface area contributed by atoms with Gasteiger partial charge in [0.2, 0.25) is 5.88 Å². The molecule has 9 heteroatoms. The third-order valence-electron chi connectivity index (χ3n) is 3.92. The normalized spacial score (nSPS) is 11.4. The quantitative estimate of drug-likeness (QED) is 0.523. The number of fused-ring (bicyclic) bond motifs is 1. The zero-order chi connectivity index (χ0) is 20.4. The number of nitrogens with zero attached hydrogens (tertiary/aromatic N) is 3. The summed E-state index contributed by atoms with van der Waals surface area (Å²) in [7, 11) is 0. The molecular formula is C20H13F3N4O2. The van der Waals surface area contributed by atoms with Gasteiger partial charge in [-0.15, -0.1) is 13.2 Å². The lowest BCUT2D eigenvalue weighted by molar-refractivity contribution is -0.274. The number of rotatable bonds is 4. The predicted molar refractivity (Wildman–Crippen MR) is 100 cm³/mol. The second-order valence-corrected chi connectivity index (χ2v) is 5.98. The second-order valence-electron chi connectivity index (χ2n) is 5.98. The molecule has 2 aromatic carbocycles. The topological polar surface area (TPSA) is 83.2 Å². The lowest BCUT2D eigenvalue weighted by Crippen LogP contribution is -2.17. The molecule has 4 rings (SSSR count). The number of nitrogens with two attached hydrogens (primary N) is 1. The molecule has 2 heterocycles. The zero-order valence-electron chi connectivity index (χ0n) is 14.7. The lowest BCUT2D eigenvalue weighted by atomic mass is 10.1. The maximum Gasteiger partial charge on any atom is 0.573 e. The van der Waals surface area contributed by atoms with E-state index in [-0.39, 0.29) is 11.6 Å². The molecule has 6 nitrogen and oxygen atoms in total. The van der Waals surface area contributed by atoms with Crippen molar-refractivity contribution in [3.05, 3.63) is 67.0 Å². The van der Waals surface area contributed by atoms with Gasteiger partial charge in [-0.05, 0) is 30.3 Å². The van der Waals surface area contributed by atoms with E-state index >= 15 is 0 Å². The van der Waals surface area contributed by atoms with E-state index in [4.69, 9.17) is 10.5 Å². The molecule has 0 radical (unpaired) electrons. The van der Waals surface area contributed by atoms with E-state index in [1.165, 1.54) is 30.6 Å². The number of hydrogen-bond acceptors (Lipinski definition) is 6. The van der Waals surface area contributed by atoms with Crippen LogP contribution in [0.25, 0.3) is 22.2 Å². The molecule has 2 N–H and O–H groups in total. The molecule has 0 atom stereocenters. The number of halogens is 3. The molecule has 4 aromatic rings. The van der Waals surface area contributed by atoms with Gasteiger partial charge in [0.15, 0.2) is 5.75 Å². The van der Waals surface area contributed by atoms with E-state index in [9.17, 15) is 13.2 Å². The van der Waals surface area contributed by atoms with Gasteiger partial charge >= 0.3 is 6.36 Å². The summed E-state index contributed by atoms with van der Waals surface area (Å²) in [5.74, 6) is 0.644. The van der Waals surface area contributed by atoms with Crippen LogP contribution in [-0.2, 0) is 0 Å². The fourth-order valence-electron chi connectivity index (χ4n) is 2.74. The van der Waals surface area contributed by atoms with Crippen LogP contribution in [0.1, 0.15) is 0 Å². The second kappa shape index (κ2) is 7.27. The highest BCUT2D eigenvalue weighted by Crippen LogP contribution is 2.31. The van der Waals surface area contributed by atoms with Gasteiger partial charge in [0, 0.05) is 17.0 Å². The first-order chi connectivity index (χ1) is 13.9. The molecule has 0 fully saturated rings. The van der Waals surface area contributed by atoms with E-state index in [2.05, 4.69) is 19.7 Å². The monoisotopic (exact) mass is 398 g/mol. The number of anilines is 1. The molecule has 0 spiro atoms. The van der Waals surface area contributed by atoms with Gasteiger partial charge in [0.05, 0.1) is 5.69 Å². The Bertz CT molecular complexity index is 1180. The van der Waals surface area contributed by atoms with E-state index in [0.717, 1.165) is 5.39 Å². The summed E-state index contributed by atoms with van der Waals surface area (Å²) in [5, 5.41) is 0.836. The molecule has 146 valence electrons. The average Bonchev–Trinajstić information content (AvgIpc) is 2.68. The van der Waals surface area contributed by atoms with E-state index in [0.29, 0.717) is 28.3 Å². The molecule has 0 saturated carbocycles. The molecule has 0 amide bonds. The van der Waals surface area contributed by atoms with Gasteiger partial charge in [-0.1, -0.05) is 24.3 Å². The minimum Gasteiger partial charge on any atom is -0.437 e. The van der Waals surface area contributed by atoms with Gasteiger partial charge < -0.3 is 15.2 Å². The van der Waals surface area contributed by atoms with Crippen molar-refractivity contribution in [3.63, 3.8) is 0 Å². The summed E-state index contributed by atoms with van der Waals surface area (Å²) < 4.78 is 47.2. The van der Waals surface area contributed by atoms with E-state index < -0.39 is 6.36 Å². The third kappa shape index (κ3) is 4.34. The molecular weight excluding hydrogens is 385 g/mol. The molecule has 0 aliphatic carbocycles. The minimum absolute atomic E-state index is 0.203. The summed E-state index contributed by atoms with van der Waals surface area (Å²) in [5.41, 5.74) is 7.11. The van der Waals surface area contributed by atoms with E-state index in [1.54, 1.807) is 24.3 Å². The Morgan fingerprint density at radius 2 is 1.72 bits per heavy atom. The van der Waals surface area contributed by atoms with Gasteiger partial charge in [0.25, 0.3) is 0 Å². The number of pyridine rings is 1. The van der Waals surface area contributed by atoms with Crippen molar-refractivity contribution in [2.75, 3.05) is 5.73 Å². The smallest absolute Gasteiger partial charge is 0.437 e. The Morgan fingerprint density at radius 3 is 2.55 bits per heavy atom. The van der Waals surface area contributed by atoms with Crippen LogP contribution in [0.15, 0.2) is 67.0 Å². The summed E-state index contributed by atoms with van der Waals surface area (Å²) >= 11 is 0. The number of nitrogen functional groups attached to an aromatic ring is 1. The number of para-hydroxylation sites is 1. The van der Waals surface area contributed by atoms with Gasteiger partial charge in [-0.2, -0.15) is 0 Å². The molecule has 0 bridgehead atoms. The maximum atomic E-state index is 12.5. The highest BCUT2D eigenvalue weighted by molar-refractivity contribution is 5.85. The standard InChI is InChI=1S/C20H13F3N4O2/c21-20(22,23)29-14-5-1-4-13(9-14)15-10-18(26-11-25-15)28-16-6-2-3-12-7-8-17(24)27-19(12)16/h1-11H,(H2,24,27). The molecule has 0 aliphatic heterocycles. The Balaban J connectivity index is 1.65. The first kappa shape index (κ1) is 18.5. The van der Waals surface area contributed by atoms with Crippen LogP contribution in [-0.4, -0.2) is 21.3 Å². The largest absolute Gasteiger partial charge is 0.573 e. The van der Waals surface area contributed by atoms with Crippen LogP contribution in [0.3, 0.4) is 0 Å². The van der Waals surface area contributed by atoms with Crippen molar-refractivity contribution in [1.82, 2.24) is 15.0 Å². The average molecular weight is 398 g/mol. The van der Waals surface area contributed by atoms with Crippen molar-refractivity contribution >= 4 is 16.7 Å². The van der Waals surface area contributed by atoms with Crippen LogP contribution in [0, 0.1) is 0 Å². The SMILES string of the molecule is Nc1ccc2cccc(Oc3cc(-c4cccc(OC(F)(F)F)c4)ncn3)c2n1. The molecule has 0 aliphatic rings. The van der Waals surface area contributed by atoms with Crippen molar-refractivity contribution in [2.45, 2.75) is 6.36 Å². The number of benzene rings is 2. The number of alkyl halides is 3. The summed E-state index contributed by atoms with van der Waals surface area (Å²) in [6.45, 7) is 0. The zero-order valence-corrected chi connectivity index (χ0v) is 14.7. The Hall–Kier alpha value is -3.88. The van der Waals surface area contributed by atoms with Crippen LogP contribution >= 0.6 is 0 Å². The predicted octanol–water partition coefficient (Wildman–Crippen LogP) is 4.96. The first-order valence-electron chi connectivity index (χ1n) is 8.39. The molecule has 29 heavy (non-hydrogen) atoms. The Kier molecular flexibility index (Phi) is 4.63. The van der Waals surface area contributed by atoms with Crippen LogP contribution < -0.4 is 15.2 Å². The minimum atomic E-state index is -4.78. The van der Waals surface area contributed by atoms with Crippen molar-refractivity contribution in [1.29, 1.82) is 0 Å². The van der Waals surface area contributed by atoms with Crippen molar-refractivity contribution in [2.24, 2.45) is 0 Å². The van der Waals surface area contributed by atoms with Crippen molar-refractivity contribution < 1.29 is 22.6 Å². The van der Waals surface area contributed by atoms with Gasteiger partial charge in [-0.25, -0.2) is 15.0 Å². The maximum absolute atomic E-state index is 12.5. The first-order valence-corrected chi connectivity index (χ1v) is 8.39. The van der Waals surface area contributed by atoms with E-state index in [1.807, 2.05) is 12.1 Å². The van der Waals surface area contributed by atoms with Gasteiger partial charge in [0.1, 0.15) is 23.4 Å². The van der Waals surface area contributed by atoms with Crippen LogP contribution in [0.2, 0.25) is 0 Å². The van der Waals surface area contributed by atoms with Crippen LogP contribution in [0.4, 0.5) is 19.0 Å². The fraction of sp³-hybridized carbons (Fsp3) is 0.0500. The summed E-state index contributed by atoms with van der Waals surface area (Å²) in [6, 6.07) is 15.9. The number of hydrogen-bond donors (Lipinski definition) is 1. The molecule has 0 unspecified atom stereocenters. The Labute approximate surface area is 162 Å². The summed E-state index contributed by atoms with van der Waals surface area (Å²) in [4.78, 5) is 12.5. The summed E-state index contributed by atoms with van der Waals surface area (Å²) in [6.07, 6.45) is -3.52. The third-order valence-corrected chi connectivity index (χ3v) is 3.92. The molecule has 0 saturated heterocycles. The molecule has 2 aromatic heterocycles. The van der Waals surface area contributed by atoms with Crippen LogP contribution in [0.5, 0.6) is 17.4 Å².